The van der Waals surface area contributed by atoms with Crippen molar-refractivity contribution in [1.82, 2.24) is 5.32 Å². The largest absolute Gasteiger partial charge is 0.489 e. The lowest BCUT2D eigenvalue weighted by Crippen LogP contribution is -2.43. The fraction of sp³-hybridized carbons (Fsp3) is 0.167. The Morgan fingerprint density at radius 1 is 0.903 bits per heavy atom. The number of amides is 1. The zero-order valence-electron chi connectivity index (χ0n) is 16.8. The number of hydrogen-bond donors (Lipinski definition) is 1. The van der Waals surface area contributed by atoms with E-state index in [1.807, 2.05) is 30.3 Å². The molecule has 0 fully saturated rings. The topological polar surface area (TPSA) is 64.6 Å². The van der Waals surface area contributed by atoms with Crippen LogP contribution in [-0.2, 0) is 22.6 Å². The van der Waals surface area contributed by atoms with Gasteiger partial charge >= 0.3 is 5.97 Å². The van der Waals surface area contributed by atoms with Crippen LogP contribution in [0.3, 0.4) is 0 Å². The molecule has 160 valence electrons. The number of ether oxygens (including phenoxy) is 2. The van der Waals surface area contributed by atoms with Gasteiger partial charge in [0.05, 0.1) is 7.11 Å². The molecule has 3 aromatic rings. The van der Waals surface area contributed by atoms with E-state index in [0.29, 0.717) is 12.4 Å². The van der Waals surface area contributed by atoms with E-state index in [1.54, 1.807) is 24.3 Å². The molecule has 1 N–H and O–H groups in total. The minimum Gasteiger partial charge on any atom is -0.489 e. The molecule has 0 heterocycles. The van der Waals surface area contributed by atoms with E-state index in [4.69, 9.17) is 9.47 Å². The molecule has 0 saturated heterocycles. The molecule has 0 radical (unpaired) electrons. The number of esters is 1. The van der Waals surface area contributed by atoms with Crippen molar-refractivity contribution in [3.05, 3.63) is 101 Å². The van der Waals surface area contributed by atoms with Crippen LogP contribution < -0.4 is 10.1 Å². The van der Waals surface area contributed by atoms with E-state index in [-0.39, 0.29) is 12.0 Å². The minimum atomic E-state index is -1.15. The van der Waals surface area contributed by atoms with Gasteiger partial charge in [-0.15, -0.1) is 0 Å². The Morgan fingerprint density at radius 3 is 2.35 bits per heavy atom. The number of benzene rings is 3. The third-order valence-corrected chi connectivity index (χ3v) is 4.56. The summed E-state index contributed by atoms with van der Waals surface area (Å²) in [6, 6.07) is 18.5. The molecule has 0 aromatic heterocycles. The molecule has 3 rings (SSSR count). The minimum absolute atomic E-state index is 0.104. The zero-order chi connectivity index (χ0) is 22.2. The maximum Gasteiger partial charge on any atom is 0.328 e. The monoisotopic (exact) mass is 425 g/mol. The molecule has 0 unspecified atom stereocenters. The number of carbonyl (C=O) groups excluding carboxylic acids is 2. The van der Waals surface area contributed by atoms with Gasteiger partial charge in [-0.2, -0.15) is 0 Å². The van der Waals surface area contributed by atoms with Crippen molar-refractivity contribution in [2.75, 3.05) is 7.11 Å². The van der Waals surface area contributed by atoms with Crippen LogP contribution in [-0.4, -0.2) is 25.0 Å². The van der Waals surface area contributed by atoms with Crippen molar-refractivity contribution < 1.29 is 27.8 Å². The Labute approximate surface area is 178 Å². The highest BCUT2D eigenvalue weighted by molar-refractivity contribution is 5.96. The molecule has 1 amide bonds. The molecule has 0 bridgehead atoms. The summed E-state index contributed by atoms with van der Waals surface area (Å²) in [6.07, 6.45) is 0.130. The van der Waals surface area contributed by atoms with Gasteiger partial charge in [0.1, 0.15) is 18.4 Å². The van der Waals surface area contributed by atoms with Crippen molar-refractivity contribution in [3.63, 3.8) is 0 Å². The van der Waals surface area contributed by atoms with E-state index in [9.17, 15) is 18.4 Å². The second-order valence-electron chi connectivity index (χ2n) is 6.80. The van der Waals surface area contributed by atoms with E-state index in [0.717, 1.165) is 29.3 Å². The molecule has 0 spiro atoms. The Balaban J connectivity index is 1.69. The number of rotatable bonds is 8. The Bertz CT molecular complexity index is 1060. The Morgan fingerprint density at radius 2 is 1.65 bits per heavy atom. The summed E-state index contributed by atoms with van der Waals surface area (Å²) in [4.78, 5) is 24.6. The van der Waals surface area contributed by atoms with E-state index in [2.05, 4.69) is 5.32 Å². The van der Waals surface area contributed by atoms with Crippen molar-refractivity contribution >= 4 is 11.9 Å². The fourth-order valence-corrected chi connectivity index (χ4v) is 2.95. The third kappa shape index (κ3) is 6.12. The van der Waals surface area contributed by atoms with Gasteiger partial charge in [0.2, 0.25) is 0 Å². The lowest BCUT2D eigenvalue weighted by molar-refractivity contribution is -0.142. The summed E-state index contributed by atoms with van der Waals surface area (Å²) in [7, 11) is 1.21. The van der Waals surface area contributed by atoms with Crippen molar-refractivity contribution in [3.8, 4) is 5.75 Å². The predicted octanol–water partition coefficient (Wildman–Crippen LogP) is 4.06. The molecule has 1 atom stereocenters. The molecule has 0 aliphatic heterocycles. The van der Waals surface area contributed by atoms with Crippen LogP contribution in [0, 0.1) is 11.6 Å². The molecule has 5 nitrogen and oxygen atoms in total. The first-order valence-corrected chi connectivity index (χ1v) is 9.55. The highest BCUT2D eigenvalue weighted by Crippen LogP contribution is 2.17. The van der Waals surface area contributed by atoms with Gasteiger partial charge in [-0.3, -0.25) is 4.79 Å². The maximum atomic E-state index is 13.4. The SMILES string of the molecule is COC(=O)[C@H](Cc1cccc(OCc2ccccc2)c1)NC(=O)c1ccc(F)c(F)c1. The van der Waals surface area contributed by atoms with E-state index >= 15 is 0 Å². The normalized spacial score (nSPS) is 11.5. The van der Waals surface area contributed by atoms with Crippen LogP contribution in [0.2, 0.25) is 0 Å². The van der Waals surface area contributed by atoms with Gasteiger partial charge in [-0.05, 0) is 41.5 Å². The third-order valence-electron chi connectivity index (χ3n) is 4.56. The highest BCUT2D eigenvalue weighted by atomic mass is 19.2. The molecular weight excluding hydrogens is 404 g/mol. The zero-order valence-corrected chi connectivity index (χ0v) is 16.8. The summed E-state index contributed by atoms with van der Waals surface area (Å²) in [6.45, 7) is 0.386. The lowest BCUT2D eigenvalue weighted by atomic mass is 10.0. The van der Waals surface area contributed by atoms with E-state index < -0.39 is 29.6 Å². The summed E-state index contributed by atoms with van der Waals surface area (Å²) in [5.41, 5.74) is 1.64. The average molecular weight is 425 g/mol. The van der Waals surface area contributed by atoms with Crippen LogP contribution in [0.1, 0.15) is 21.5 Å². The number of nitrogens with one attached hydrogen (secondary N) is 1. The number of methoxy groups -OCH3 is 1. The fourth-order valence-electron chi connectivity index (χ4n) is 2.95. The van der Waals surface area contributed by atoms with Crippen LogP contribution in [0.25, 0.3) is 0 Å². The van der Waals surface area contributed by atoms with Crippen LogP contribution in [0.5, 0.6) is 5.75 Å². The molecule has 0 aliphatic carbocycles. The van der Waals surface area contributed by atoms with Crippen LogP contribution in [0.15, 0.2) is 72.8 Å². The number of carbonyl (C=O) groups is 2. The van der Waals surface area contributed by atoms with Gasteiger partial charge in [0.15, 0.2) is 11.6 Å². The predicted molar refractivity (Wildman–Crippen MR) is 111 cm³/mol. The molecule has 31 heavy (non-hydrogen) atoms. The second-order valence-corrected chi connectivity index (χ2v) is 6.80. The number of halogens is 2. The lowest BCUT2D eigenvalue weighted by Gasteiger charge is -2.17. The summed E-state index contributed by atoms with van der Waals surface area (Å²) >= 11 is 0. The van der Waals surface area contributed by atoms with Gasteiger partial charge in [0, 0.05) is 12.0 Å². The summed E-state index contributed by atoms with van der Waals surface area (Å²) in [5, 5.41) is 2.51. The van der Waals surface area contributed by atoms with Crippen molar-refractivity contribution in [2.45, 2.75) is 19.1 Å². The molecule has 3 aromatic carbocycles. The Hall–Kier alpha value is -3.74. The summed E-state index contributed by atoms with van der Waals surface area (Å²) < 4.78 is 37.1. The van der Waals surface area contributed by atoms with Gasteiger partial charge in [-0.1, -0.05) is 42.5 Å². The van der Waals surface area contributed by atoms with Crippen LogP contribution in [0.4, 0.5) is 8.78 Å². The van der Waals surface area contributed by atoms with Crippen LogP contribution >= 0.6 is 0 Å². The van der Waals surface area contributed by atoms with Gasteiger partial charge in [-0.25, -0.2) is 13.6 Å². The first-order valence-electron chi connectivity index (χ1n) is 9.55. The van der Waals surface area contributed by atoms with Crippen molar-refractivity contribution in [2.24, 2.45) is 0 Å². The second kappa shape index (κ2) is 10.3. The molecule has 0 aliphatic rings. The Kier molecular flexibility index (Phi) is 7.32. The van der Waals surface area contributed by atoms with Crippen molar-refractivity contribution in [1.29, 1.82) is 0 Å². The highest BCUT2D eigenvalue weighted by Gasteiger charge is 2.23. The first kappa shape index (κ1) is 22.0. The molecular formula is C24H21F2NO4. The quantitative estimate of drug-likeness (QED) is 0.553. The standard InChI is InChI=1S/C24H21F2NO4/c1-30-24(29)22(27-23(28)18-10-11-20(25)21(26)14-18)13-17-8-5-9-19(12-17)31-15-16-6-3-2-4-7-16/h2-12,14,22H,13,15H2,1H3,(H,27,28)/t22-/m0/s1. The van der Waals surface area contributed by atoms with Gasteiger partial charge < -0.3 is 14.8 Å². The smallest absolute Gasteiger partial charge is 0.328 e. The summed E-state index contributed by atoms with van der Waals surface area (Å²) in [5.74, 6) is -2.98. The molecule has 0 saturated carbocycles. The first-order chi connectivity index (χ1) is 15.0. The van der Waals surface area contributed by atoms with E-state index in [1.165, 1.54) is 7.11 Å². The molecule has 7 heteroatoms. The van der Waals surface area contributed by atoms with Gasteiger partial charge in [0.25, 0.3) is 5.91 Å². The maximum absolute atomic E-state index is 13.4. The number of hydrogen-bond acceptors (Lipinski definition) is 4. The average Bonchev–Trinajstić information content (AvgIpc) is 2.79.